The maximum Gasteiger partial charge on any atom is 0.481 e. The monoisotopic (exact) mass is 1200 g/mol. The fourth-order valence-electron chi connectivity index (χ4n) is 13.5. The van der Waals surface area contributed by atoms with Crippen LogP contribution in [0.25, 0.3) is 11.2 Å². The molecule has 4 aliphatic carbocycles. The van der Waals surface area contributed by atoms with Crippen LogP contribution in [0, 0.1) is 57.7 Å². The number of hydrogen-bond acceptors (Lipinski definition) is 21. The van der Waals surface area contributed by atoms with E-state index in [1.165, 1.54) is 13.8 Å². The van der Waals surface area contributed by atoms with Crippen molar-refractivity contribution >= 4 is 74.9 Å². The number of amides is 2. The van der Waals surface area contributed by atoms with Gasteiger partial charge in [0, 0.05) is 37.1 Å². The molecule has 31 heteroatoms. The van der Waals surface area contributed by atoms with Gasteiger partial charge >= 0.3 is 23.5 Å². The molecule has 79 heavy (non-hydrogen) atoms. The van der Waals surface area contributed by atoms with E-state index in [0.29, 0.717) is 30.1 Å². The van der Waals surface area contributed by atoms with Gasteiger partial charge in [0.25, 0.3) is 0 Å². The normalized spacial score (nSPS) is 33.6. The SMILES string of the molecule is CC(C(=O)CC[C@@H](C)[C@H]1CC[C@H]2[C@@H]3[C@H](O)C[C@@H]4C[C@H](O)CC[C@]4(C)[C@H]3CC[C@]12C)C(=O)SCCNC(=O)CCNC(=O)[C@H](O)C(C)(C)COP(=O)(O)OP(=O)(O)OC[C@H]1O[C@@H](n2cnc3c(N)ncnc32)[C@H](O)[C@@H]1OP(=O)(O)O. The van der Waals surface area contributed by atoms with Gasteiger partial charge in [-0.1, -0.05) is 46.4 Å². The summed E-state index contributed by atoms with van der Waals surface area (Å²) in [4.78, 5) is 103. The molecule has 1 aliphatic heterocycles. The van der Waals surface area contributed by atoms with Crippen molar-refractivity contribution in [3.63, 3.8) is 0 Å². The molecule has 7 rings (SSSR count). The summed E-state index contributed by atoms with van der Waals surface area (Å²) in [5.41, 5.74) is 4.45. The number of ether oxygens (including phenoxy) is 1. The number of thioether (sulfide) groups is 1. The molecule has 27 nitrogen and oxygen atoms in total. The number of imidazole rings is 1. The second-order valence-corrected chi connectivity index (χ2v) is 28.7. The van der Waals surface area contributed by atoms with Crippen LogP contribution in [-0.2, 0) is 55.5 Å². The standard InChI is InChI=1S/C48H78N7O20P3S/c1-25(29-8-9-30-36-31(12-15-48(29,30)6)47(5)14-11-28(56)19-27(47)20-33(36)58)7-10-32(57)26(2)45(63)79-18-17-50-35(59)13-16-51-43(62)40(61)46(3,4)22-72-78(69,70)75-77(67,68)71-21-34-39(74-76(64,65)66)38(60)44(73-34)55-24-54-37-41(49)52-23-53-42(37)55/h23-31,33-34,36,38-40,44,56,58,60-61H,7-22H2,1-6H3,(H,50,59)(H,51,62)(H,67,68)(H,69,70)(H2,49,52,53)(H2,64,65,66)/t25-,26?,27+,28-,29-,30+,31+,33-,34-,36+,38-,39-,40+,44-,47+,48-/m1/s1. The minimum atomic E-state index is -5.61. The van der Waals surface area contributed by atoms with Crippen molar-refractivity contribution in [2.75, 3.05) is 37.8 Å². The van der Waals surface area contributed by atoms with E-state index in [2.05, 4.69) is 55.2 Å². The number of ketones is 1. The molecule has 5 fully saturated rings. The van der Waals surface area contributed by atoms with E-state index in [-0.39, 0.29) is 94.4 Å². The van der Waals surface area contributed by atoms with Crippen molar-refractivity contribution in [2.45, 2.75) is 155 Å². The predicted molar refractivity (Wildman–Crippen MR) is 282 cm³/mol. The van der Waals surface area contributed by atoms with Gasteiger partial charge in [-0.15, -0.1) is 0 Å². The van der Waals surface area contributed by atoms with Crippen LogP contribution >= 0.6 is 35.2 Å². The van der Waals surface area contributed by atoms with Gasteiger partial charge in [0.2, 0.25) is 11.8 Å². The third-order valence-electron chi connectivity index (χ3n) is 17.8. The fraction of sp³-hybridized carbons (Fsp3) is 0.812. The number of carbonyl (C=O) groups excluding carboxylic acids is 4. The zero-order chi connectivity index (χ0) is 58.2. The second kappa shape index (κ2) is 25.2. The Kier molecular flexibility index (Phi) is 20.3. The highest BCUT2D eigenvalue weighted by Gasteiger charge is 2.63. The lowest BCUT2D eigenvalue weighted by molar-refractivity contribution is -0.174. The van der Waals surface area contributed by atoms with E-state index < -0.39 is 90.5 Å². The smallest absolute Gasteiger partial charge is 0.393 e. The molecule has 3 unspecified atom stereocenters. The highest BCUT2D eigenvalue weighted by molar-refractivity contribution is 8.13. The number of carbonyl (C=O) groups is 4. The third-order valence-corrected chi connectivity index (χ3v) is 22.0. The van der Waals surface area contributed by atoms with Crippen LogP contribution in [0.2, 0.25) is 0 Å². The predicted octanol–water partition coefficient (Wildman–Crippen LogP) is 3.28. The number of aromatic nitrogens is 4. The Morgan fingerprint density at radius 1 is 0.911 bits per heavy atom. The number of anilines is 1. The molecule has 0 aromatic carbocycles. The van der Waals surface area contributed by atoms with Crippen molar-refractivity contribution < 1.29 is 95.5 Å². The van der Waals surface area contributed by atoms with Crippen LogP contribution < -0.4 is 16.4 Å². The van der Waals surface area contributed by atoms with Crippen LogP contribution in [0.5, 0.6) is 0 Å². The number of rotatable bonds is 25. The highest BCUT2D eigenvalue weighted by atomic mass is 32.2. The van der Waals surface area contributed by atoms with E-state index in [1.54, 1.807) is 6.92 Å². The quantitative estimate of drug-likeness (QED) is 0.0386. The summed E-state index contributed by atoms with van der Waals surface area (Å²) in [6.45, 7) is 8.89. The minimum Gasteiger partial charge on any atom is -0.393 e. The first-order chi connectivity index (χ1) is 36.8. The molecular formula is C48H78N7O20P3S. The molecule has 5 aliphatic rings. The van der Waals surface area contributed by atoms with Crippen LogP contribution in [0.1, 0.15) is 118 Å². The van der Waals surface area contributed by atoms with E-state index in [1.807, 2.05) is 0 Å². The van der Waals surface area contributed by atoms with Crippen LogP contribution in [0.3, 0.4) is 0 Å². The molecule has 446 valence electrons. The minimum absolute atomic E-state index is 0.0217. The van der Waals surface area contributed by atoms with Gasteiger partial charge in [-0.2, -0.15) is 4.31 Å². The summed E-state index contributed by atoms with van der Waals surface area (Å²) in [6, 6.07) is 0. The molecule has 3 heterocycles. The number of phosphoric ester groups is 3. The van der Waals surface area contributed by atoms with Crippen LogP contribution in [0.4, 0.5) is 5.82 Å². The molecule has 2 aromatic rings. The number of nitrogen functional groups attached to an aromatic ring is 1. The van der Waals surface area contributed by atoms with Gasteiger partial charge in [-0.3, -0.25) is 37.3 Å². The summed E-state index contributed by atoms with van der Waals surface area (Å²) in [5, 5.41) is 48.4. The highest BCUT2D eigenvalue weighted by Crippen LogP contribution is 2.68. The molecule has 0 radical (unpaired) electrons. The Morgan fingerprint density at radius 2 is 1.59 bits per heavy atom. The summed E-state index contributed by atoms with van der Waals surface area (Å²) in [7, 11) is -16.5. The van der Waals surface area contributed by atoms with Crippen molar-refractivity contribution in [3.8, 4) is 0 Å². The summed E-state index contributed by atoms with van der Waals surface area (Å²) >= 11 is 0.940. The topological polar surface area (TPSA) is 421 Å². The molecule has 1 saturated heterocycles. The fourth-order valence-corrected chi connectivity index (χ4v) is 17.1. The second-order valence-electron chi connectivity index (χ2n) is 23.4. The zero-order valence-corrected chi connectivity index (χ0v) is 48.6. The summed E-state index contributed by atoms with van der Waals surface area (Å²) in [5.74, 6) is -0.152. The van der Waals surface area contributed by atoms with Gasteiger partial charge in [-0.25, -0.2) is 28.6 Å². The largest absolute Gasteiger partial charge is 0.481 e. The number of nitrogens with zero attached hydrogens (tertiary/aromatic N) is 4. The van der Waals surface area contributed by atoms with E-state index in [4.69, 9.17) is 19.5 Å². The lowest BCUT2D eigenvalue weighted by atomic mass is 9.43. The maximum absolute atomic E-state index is 13.3. The van der Waals surface area contributed by atoms with Crippen LogP contribution in [-0.4, -0.2) is 151 Å². The number of nitrogens with two attached hydrogens (primary N) is 1. The first-order valence-electron chi connectivity index (χ1n) is 26.7. The molecule has 2 amide bonds. The van der Waals surface area contributed by atoms with Gasteiger partial charge in [-0.05, 0) is 111 Å². The Morgan fingerprint density at radius 3 is 2.30 bits per heavy atom. The summed E-state index contributed by atoms with van der Waals surface area (Å²) < 4.78 is 62.7. The molecule has 18 atom stereocenters. The number of aliphatic hydroxyl groups is 4. The van der Waals surface area contributed by atoms with E-state index in [0.717, 1.165) is 80.4 Å². The molecule has 0 bridgehead atoms. The number of Topliss-reactive ketones (excluding diaryl/α,β-unsaturated/α-hetero) is 1. The molecular weight excluding hydrogens is 1120 g/mol. The molecule has 0 spiro atoms. The molecule has 4 saturated carbocycles. The van der Waals surface area contributed by atoms with Crippen LogP contribution in [0.15, 0.2) is 12.7 Å². The van der Waals surface area contributed by atoms with Gasteiger partial charge in [0.15, 0.2) is 22.8 Å². The zero-order valence-electron chi connectivity index (χ0n) is 45.1. The van der Waals surface area contributed by atoms with Gasteiger partial charge < -0.3 is 61.1 Å². The van der Waals surface area contributed by atoms with E-state index >= 15 is 0 Å². The van der Waals surface area contributed by atoms with Crippen molar-refractivity contribution in [2.24, 2.45) is 57.7 Å². The Hall–Kier alpha value is -2.85. The van der Waals surface area contributed by atoms with E-state index in [9.17, 15) is 72.9 Å². The number of nitrogens with one attached hydrogen (secondary N) is 2. The van der Waals surface area contributed by atoms with Crippen molar-refractivity contribution in [1.82, 2.24) is 30.2 Å². The Bertz CT molecular complexity index is 2690. The summed E-state index contributed by atoms with van der Waals surface area (Å²) in [6.07, 6.45) is 0.890. The number of phosphoric acid groups is 3. The molecule has 2 aromatic heterocycles. The van der Waals surface area contributed by atoms with Crippen molar-refractivity contribution in [3.05, 3.63) is 12.7 Å². The number of hydrogen-bond donors (Lipinski definition) is 11. The number of aliphatic hydroxyl groups excluding tert-OH is 4. The third kappa shape index (κ3) is 14.7. The Balaban J connectivity index is 0.774. The van der Waals surface area contributed by atoms with Gasteiger partial charge in [0.1, 0.15) is 42.0 Å². The van der Waals surface area contributed by atoms with Crippen molar-refractivity contribution in [1.29, 1.82) is 0 Å². The van der Waals surface area contributed by atoms with Gasteiger partial charge in [0.05, 0.1) is 37.7 Å². The lowest BCUT2D eigenvalue weighted by Crippen LogP contribution is -2.58. The number of fused-ring (bicyclic) bond motifs is 6. The Labute approximate surface area is 462 Å². The maximum atomic E-state index is 13.3. The molecule has 12 N–H and O–H groups in total. The lowest BCUT2D eigenvalue weighted by Gasteiger charge is -2.62. The average Bonchev–Trinajstić information content (AvgIpc) is 4.03. The first kappa shape index (κ1) is 63.7. The first-order valence-corrected chi connectivity index (χ1v) is 32.2. The average molecular weight is 1200 g/mol.